The zero-order valence-corrected chi connectivity index (χ0v) is 13.9. The number of anilines is 1. The maximum atomic E-state index is 12.4. The second-order valence-electron chi connectivity index (χ2n) is 6.69. The third-order valence-electron chi connectivity index (χ3n) is 3.64. The SMILES string of the molecule is Cc1nccnc1NCC1CCCCN1C(=O)OC(C)(C)C. The van der Waals surface area contributed by atoms with Gasteiger partial charge in [-0.05, 0) is 47.0 Å². The van der Waals surface area contributed by atoms with E-state index in [9.17, 15) is 4.79 Å². The molecule has 0 aliphatic carbocycles. The van der Waals surface area contributed by atoms with Gasteiger partial charge in [0.1, 0.15) is 11.4 Å². The van der Waals surface area contributed by atoms with Crippen LogP contribution in [0.1, 0.15) is 45.7 Å². The van der Waals surface area contributed by atoms with Crippen molar-refractivity contribution < 1.29 is 9.53 Å². The number of nitrogens with one attached hydrogen (secondary N) is 1. The summed E-state index contributed by atoms with van der Waals surface area (Å²) < 4.78 is 5.51. The van der Waals surface area contributed by atoms with Crippen LogP contribution >= 0.6 is 0 Å². The Hall–Kier alpha value is -1.85. The first-order valence-electron chi connectivity index (χ1n) is 7.88. The van der Waals surface area contributed by atoms with Gasteiger partial charge in [0.15, 0.2) is 0 Å². The quantitative estimate of drug-likeness (QED) is 0.930. The molecule has 1 aliphatic heterocycles. The van der Waals surface area contributed by atoms with E-state index in [1.165, 1.54) is 0 Å². The smallest absolute Gasteiger partial charge is 0.410 e. The molecule has 2 heterocycles. The second-order valence-corrected chi connectivity index (χ2v) is 6.69. The number of nitrogens with zero attached hydrogens (tertiary/aromatic N) is 3. The van der Waals surface area contributed by atoms with Crippen LogP contribution in [-0.4, -0.2) is 45.7 Å². The first-order chi connectivity index (χ1) is 10.4. The Kier molecular flexibility index (Phi) is 5.21. The average Bonchev–Trinajstić information content (AvgIpc) is 2.45. The van der Waals surface area contributed by atoms with Crippen molar-refractivity contribution >= 4 is 11.9 Å². The standard InChI is InChI=1S/C16H26N4O2/c1-12-14(18-9-8-17-12)19-11-13-7-5-6-10-20(13)15(21)22-16(2,3)4/h8-9,13H,5-7,10-11H2,1-4H3,(H,18,19). The molecule has 1 aromatic heterocycles. The lowest BCUT2D eigenvalue weighted by Gasteiger charge is -2.36. The zero-order valence-electron chi connectivity index (χ0n) is 13.9. The molecule has 1 atom stereocenters. The summed E-state index contributed by atoms with van der Waals surface area (Å²) in [4.78, 5) is 22.7. The van der Waals surface area contributed by atoms with Crippen molar-refractivity contribution in [1.82, 2.24) is 14.9 Å². The molecule has 1 saturated heterocycles. The molecule has 0 spiro atoms. The van der Waals surface area contributed by atoms with Crippen molar-refractivity contribution in [3.63, 3.8) is 0 Å². The third kappa shape index (κ3) is 4.58. The first kappa shape index (κ1) is 16.5. The number of likely N-dealkylation sites (tertiary alicyclic amines) is 1. The average molecular weight is 306 g/mol. The van der Waals surface area contributed by atoms with Crippen molar-refractivity contribution in [1.29, 1.82) is 0 Å². The molecule has 6 nitrogen and oxygen atoms in total. The van der Waals surface area contributed by atoms with Crippen LogP contribution < -0.4 is 5.32 Å². The number of hydrogen-bond acceptors (Lipinski definition) is 5. The summed E-state index contributed by atoms with van der Waals surface area (Å²) in [6.07, 6.45) is 6.25. The van der Waals surface area contributed by atoms with Crippen LogP contribution in [0.2, 0.25) is 0 Å². The third-order valence-corrected chi connectivity index (χ3v) is 3.64. The zero-order chi connectivity index (χ0) is 16.2. The van der Waals surface area contributed by atoms with Gasteiger partial charge in [-0.15, -0.1) is 0 Å². The van der Waals surface area contributed by atoms with E-state index in [0.29, 0.717) is 6.54 Å². The van der Waals surface area contributed by atoms with E-state index < -0.39 is 5.60 Å². The van der Waals surface area contributed by atoms with Gasteiger partial charge < -0.3 is 15.0 Å². The summed E-state index contributed by atoms with van der Waals surface area (Å²) >= 11 is 0. The van der Waals surface area contributed by atoms with Gasteiger partial charge in [-0.3, -0.25) is 4.98 Å². The van der Waals surface area contributed by atoms with Crippen LogP contribution in [0.3, 0.4) is 0 Å². The van der Waals surface area contributed by atoms with Crippen molar-refractivity contribution in [2.75, 3.05) is 18.4 Å². The number of amides is 1. The summed E-state index contributed by atoms with van der Waals surface area (Å²) in [5.41, 5.74) is 0.399. The van der Waals surface area contributed by atoms with Gasteiger partial charge in [0.25, 0.3) is 0 Å². The minimum absolute atomic E-state index is 0.130. The Bertz CT molecular complexity index is 513. The molecule has 22 heavy (non-hydrogen) atoms. The fourth-order valence-corrected chi connectivity index (χ4v) is 2.57. The summed E-state index contributed by atoms with van der Waals surface area (Å²) in [5.74, 6) is 0.775. The highest BCUT2D eigenvalue weighted by molar-refractivity contribution is 5.68. The lowest BCUT2D eigenvalue weighted by Crippen LogP contribution is -2.49. The molecular formula is C16H26N4O2. The van der Waals surface area contributed by atoms with Crippen LogP contribution in [0.4, 0.5) is 10.6 Å². The summed E-state index contributed by atoms with van der Waals surface area (Å²) in [6.45, 7) is 9.02. The van der Waals surface area contributed by atoms with Gasteiger partial charge in [0.2, 0.25) is 0 Å². The molecule has 122 valence electrons. The Morgan fingerprint density at radius 2 is 2.09 bits per heavy atom. The van der Waals surface area contributed by atoms with Gasteiger partial charge in [-0.25, -0.2) is 9.78 Å². The van der Waals surface area contributed by atoms with Crippen LogP contribution in [0.5, 0.6) is 0 Å². The minimum Gasteiger partial charge on any atom is -0.444 e. The lowest BCUT2D eigenvalue weighted by molar-refractivity contribution is 0.0114. The molecule has 0 aromatic carbocycles. The van der Waals surface area contributed by atoms with E-state index in [2.05, 4.69) is 15.3 Å². The fourth-order valence-electron chi connectivity index (χ4n) is 2.57. The highest BCUT2D eigenvalue weighted by Gasteiger charge is 2.30. The molecule has 2 rings (SSSR count). The minimum atomic E-state index is -0.464. The van der Waals surface area contributed by atoms with E-state index in [1.54, 1.807) is 12.4 Å². The Balaban J connectivity index is 1.98. The number of ether oxygens (including phenoxy) is 1. The van der Waals surface area contributed by atoms with Crippen LogP contribution in [0.15, 0.2) is 12.4 Å². The van der Waals surface area contributed by atoms with Gasteiger partial charge >= 0.3 is 6.09 Å². The number of rotatable bonds is 3. The predicted octanol–water partition coefficient (Wildman–Crippen LogP) is 2.99. The molecule has 6 heteroatoms. The van der Waals surface area contributed by atoms with E-state index in [1.807, 2.05) is 32.6 Å². The highest BCUT2D eigenvalue weighted by Crippen LogP contribution is 2.21. The van der Waals surface area contributed by atoms with Crippen LogP contribution in [0, 0.1) is 6.92 Å². The number of carbonyl (C=O) groups is 1. The van der Waals surface area contributed by atoms with Crippen molar-refractivity contribution in [3.8, 4) is 0 Å². The molecule has 0 saturated carbocycles. The number of hydrogen-bond donors (Lipinski definition) is 1. The largest absolute Gasteiger partial charge is 0.444 e. The van der Waals surface area contributed by atoms with Crippen LogP contribution in [-0.2, 0) is 4.74 Å². The molecular weight excluding hydrogens is 280 g/mol. The van der Waals surface area contributed by atoms with Crippen molar-refractivity contribution in [3.05, 3.63) is 18.1 Å². The summed E-state index contributed by atoms with van der Waals surface area (Å²) in [7, 11) is 0. The number of carbonyl (C=O) groups excluding carboxylic acids is 1. The molecule has 1 aliphatic rings. The fraction of sp³-hybridized carbons (Fsp3) is 0.688. The maximum absolute atomic E-state index is 12.4. The number of aryl methyl sites for hydroxylation is 1. The molecule has 1 aromatic rings. The Morgan fingerprint density at radius 3 is 2.77 bits per heavy atom. The predicted molar refractivity (Wildman–Crippen MR) is 85.8 cm³/mol. The topological polar surface area (TPSA) is 67.4 Å². The van der Waals surface area contributed by atoms with Crippen LogP contribution in [0.25, 0.3) is 0 Å². The summed E-state index contributed by atoms with van der Waals surface area (Å²) in [5, 5.41) is 3.31. The molecule has 0 bridgehead atoms. The van der Waals surface area contributed by atoms with Gasteiger partial charge in [-0.1, -0.05) is 0 Å². The molecule has 0 radical (unpaired) electrons. The van der Waals surface area contributed by atoms with Crippen molar-refractivity contribution in [2.24, 2.45) is 0 Å². The molecule has 1 N–H and O–H groups in total. The van der Waals surface area contributed by atoms with Crippen molar-refractivity contribution in [2.45, 2.75) is 58.6 Å². The van der Waals surface area contributed by atoms with E-state index >= 15 is 0 Å². The van der Waals surface area contributed by atoms with E-state index in [4.69, 9.17) is 4.74 Å². The van der Waals surface area contributed by atoms with Gasteiger partial charge in [0, 0.05) is 25.5 Å². The Morgan fingerprint density at radius 1 is 1.36 bits per heavy atom. The number of piperidine rings is 1. The highest BCUT2D eigenvalue weighted by atomic mass is 16.6. The molecule has 1 amide bonds. The second kappa shape index (κ2) is 6.94. The first-order valence-corrected chi connectivity index (χ1v) is 7.88. The molecule has 1 unspecified atom stereocenters. The van der Waals surface area contributed by atoms with Gasteiger partial charge in [-0.2, -0.15) is 0 Å². The normalized spacial score (nSPS) is 18.9. The van der Waals surface area contributed by atoms with Gasteiger partial charge in [0.05, 0.1) is 11.7 Å². The maximum Gasteiger partial charge on any atom is 0.410 e. The lowest BCUT2D eigenvalue weighted by atomic mass is 10.0. The monoisotopic (exact) mass is 306 g/mol. The molecule has 1 fully saturated rings. The Labute approximate surface area is 132 Å². The number of aromatic nitrogens is 2. The van der Waals surface area contributed by atoms with E-state index in [0.717, 1.165) is 37.3 Å². The van der Waals surface area contributed by atoms with E-state index in [-0.39, 0.29) is 12.1 Å². The summed E-state index contributed by atoms with van der Waals surface area (Å²) in [6, 6.07) is 0.130.